The first kappa shape index (κ1) is 15.2. The van der Waals surface area contributed by atoms with Crippen molar-refractivity contribution in [2.75, 3.05) is 0 Å². The van der Waals surface area contributed by atoms with Crippen LogP contribution in [0.15, 0.2) is 40.9 Å². The summed E-state index contributed by atoms with van der Waals surface area (Å²) in [5.41, 5.74) is 10.9. The molecule has 0 saturated heterocycles. The van der Waals surface area contributed by atoms with E-state index in [2.05, 4.69) is 48.0 Å². The van der Waals surface area contributed by atoms with Gasteiger partial charge in [-0.3, -0.25) is 0 Å². The molecule has 2 N–H and O–H groups in total. The molecule has 1 unspecified atom stereocenters. The summed E-state index contributed by atoms with van der Waals surface area (Å²) in [6.07, 6.45) is 1.45. The summed E-state index contributed by atoms with van der Waals surface area (Å²) < 4.78 is 14.0. The molecule has 0 aliphatic carbocycles. The van der Waals surface area contributed by atoms with Gasteiger partial charge in [0.2, 0.25) is 0 Å². The van der Waals surface area contributed by atoms with Gasteiger partial charge in [-0.2, -0.15) is 0 Å². The van der Waals surface area contributed by atoms with Gasteiger partial charge in [0.05, 0.1) is 4.47 Å². The molecule has 3 heteroatoms. The Morgan fingerprint density at radius 3 is 2.55 bits per heavy atom. The lowest BCUT2D eigenvalue weighted by Gasteiger charge is -2.14. The van der Waals surface area contributed by atoms with Crippen molar-refractivity contribution < 1.29 is 4.39 Å². The molecule has 0 bridgehead atoms. The highest BCUT2D eigenvalue weighted by atomic mass is 79.9. The van der Waals surface area contributed by atoms with Crippen LogP contribution in [-0.4, -0.2) is 6.04 Å². The topological polar surface area (TPSA) is 26.0 Å². The molecule has 2 rings (SSSR count). The Hall–Kier alpha value is -1.19. The Balaban J connectivity index is 2.07. The third-order valence-electron chi connectivity index (χ3n) is 3.58. The predicted molar refractivity (Wildman–Crippen MR) is 85.4 cm³/mol. The Bertz CT molecular complexity index is 610. The monoisotopic (exact) mass is 335 g/mol. The van der Waals surface area contributed by atoms with Gasteiger partial charge in [-0.15, -0.1) is 0 Å². The average Bonchev–Trinajstić information content (AvgIpc) is 2.39. The fraction of sp³-hybridized carbons (Fsp3) is 0.294. The minimum Gasteiger partial charge on any atom is -0.327 e. The maximum Gasteiger partial charge on any atom is 0.137 e. The van der Waals surface area contributed by atoms with Gasteiger partial charge in [0.1, 0.15) is 5.82 Å². The standard InChI is InChI=1S/C17H19BrFN/c1-11-6-7-13(8-12(11)2)9-15(20)10-14-4-3-5-16(19)17(14)18/h3-8,15H,9-10,20H2,1-2H3. The summed E-state index contributed by atoms with van der Waals surface area (Å²) in [4.78, 5) is 0. The molecule has 0 heterocycles. The van der Waals surface area contributed by atoms with E-state index in [4.69, 9.17) is 5.73 Å². The Kier molecular flexibility index (Phi) is 4.95. The fourth-order valence-corrected chi connectivity index (χ4v) is 2.72. The summed E-state index contributed by atoms with van der Waals surface area (Å²) >= 11 is 3.28. The third-order valence-corrected chi connectivity index (χ3v) is 4.47. The smallest absolute Gasteiger partial charge is 0.137 e. The molecule has 2 aromatic carbocycles. The van der Waals surface area contributed by atoms with Crippen molar-refractivity contribution in [1.82, 2.24) is 0 Å². The SMILES string of the molecule is Cc1ccc(CC(N)Cc2cccc(F)c2Br)cc1C. The molecule has 0 aromatic heterocycles. The molecule has 0 saturated carbocycles. The van der Waals surface area contributed by atoms with Gasteiger partial charge < -0.3 is 5.73 Å². The molecular formula is C17H19BrFN. The van der Waals surface area contributed by atoms with E-state index in [0.29, 0.717) is 10.9 Å². The summed E-state index contributed by atoms with van der Waals surface area (Å²) in [5, 5.41) is 0. The summed E-state index contributed by atoms with van der Waals surface area (Å²) in [6.45, 7) is 4.20. The zero-order chi connectivity index (χ0) is 14.7. The number of hydrogen-bond acceptors (Lipinski definition) is 1. The maximum atomic E-state index is 13.5. The van der Waals surface area contributed by atoms with Gasteiger partial charge in [-0.25, -0.2) is 4.39 Å². The molecule has 0 radical (unpaired) electrons. The molecule has 0 spiro atoms. The first-order chi connectivity index (χ1) is 9.47. The van der Waals surface area contributed by atoms with E-state index in [-0.39, 0.29) is 11.9 Å². The quantitative estimate of drug-likeness (QED) is 0.884. The summed E-state index contributed by atoms with van der Waals surface area (Å²) in [5.74, 6) is -0.235. The number of nitrogens with two attached hydrogens (primary N) is 1. The van der Waals surface area contributed by atoms with E-state index in [1.54, 1.807) is 6.07 Å². The summed E-state index contributed by atoms with van der Waals surface area (Å²) in [7, 11) is 0. The zero-order valence-corrected chi connectivity index (χ0v) is 13.4. The number of benzene rings is 2. The fourth-order valence-electron chi connectivity index (χ4n) is 2.29. The first-order valence-electron chi connectivity index (χ1n) is 6.72. The molecule has 0 fully saturated rings. The number of rotatable bonds is 4. The number of aryl methyl sites for hydroxylation is 2. The Morgan fingerprint density at radius 2 is 1.85 bits per heavy atom. The van der Waals surface area contributed by atoms with Crippen LogP contribution in [0.1, 0.15) is 22.3 Å². The van der Waals surface area contributed by atoms with Crippen LogP contribution in [0.4, 0.5) is 4.39 Å². The summed E-state index contributed by atoms with van der Waals surface area (Å²) in [6, 6.07) is 11.5. The molecule has 2 aromatic rings. The van der Waals surface area contributed by atoms with Crippen molar-refractivity contribution in [3.8, 4) is 0 Å². The highest BCUT2D eigenvalue weighted by molar-refractivity contribution is 9.10. The largest absolute Gasteiger partial charge is 0.327 e. The van der Waals surface area contributed by atoms with Crippen molar-refractivity contribution in [2.45, 2.75) is 32.7 Å². The predicted octanol–water partition coefficient (Wildman–Crippen LogP) is 4.32. The Morgan fingerprint density at radius 1 is 1.10 bits per heavy atom. The lowest BCUT2D eigenvalue weighted by molar-refractivity contribution is 0.610. The molecule has 0 aliphatic rings. The lowest BCUT2D eigenvalue weighted by Crippen LogP contribution is -2.25. The number of hydrogen-bond donors (Lipinski definition) is 1. The molecular weight excluding hydrogens is 317 g/mol. The van der Waals surface area contributed by atoms with Crippen LogP contribution in [0.3, 0.4) is 0 Å². The van der Waals surface area contributed by atoms with Gasteiger partial charge in [0.25, 0.3) is 0 Å². The van der Waals surface area contributed by atoms with Gasteiger partial charge in [0.15, 0.2) is 0 Å². The van der Waals surface area contributed by atoms with Crippen molar-refractivity contribution in [1.29, 1.82) is 0 Å². The van der Waals surface area contributed by atoms with Crippen LogP contribution >= 0.6 is 15.9 Å². The van der Waals surface area contributed by atoms with Crippen LogP contribution in [0.25, 0.3) is 0 Å². The van der Waals surface area contributed by atoms with Crippen molar-refractivity contribution in [3.63, 3.8) is 0 Å². The van der Waals surface area contributed by atoms with Crippen LogP contribution in [0, 0.1) is 19.7 Å². The van der Waals surface area contributed by atoms with Gasteiger partial charge >= 0.3 is 0 Å². The molecule has 0 aliphatic heterocycles. The van der Waals surface area contributed by atoms with Gasteiger partial charge in [-0.05, 0) is 70.9 Å². The maximum absolute atomic E-state index is 13.5. The van der Waals surface area contributed by atoms with E-state index >= 15 is 0 Å². The minimum atomic E-state index is -0.235. The first-order valence-corrected chi connectivity index (χ1v) is 7.51. The molecule has 20 heavy (non-hydrogen) atoms. The minimum absolute atomic E-state index is 0.0183. The second-order valence-electron chi connectivity index (χ2n) is 5.30. The molecule has 1 atom stereocenters. The molecule has 0 amide bonds. The van der Waals surface area contributed by atoms with E-state index < -0.39 is 0 Å². The lowest BCUT2D eigenvalue weighted by atomic mass is 9.97. The van der Waals surface area contributed by atoms with E-state index in [9.17, 15) is 4.39 Å². The van der Waals surface area contributed by atoms with E-state index in [1.807, 2.05) is 6.07 Å². The van der Waals surface area contributed by atoms with Crippen LogP contribution in [-0.2, 0) is 12.8 Å². The van der Waals surface area contributed by atoms with Crippen LogP contribution < -0.4 is 5.73 Å². The highest BCUT2D eigenvalue weighted by Crippen LogP contribution is 2.22. The average molecular weight is 336 g/mol. The van der Waals surface area contributed by atoms with E-state index in [0.717, 1.165) is 12.0 Å². The highest BCUT2D eigenvalue weighted by Gasteiger charge is 2.11. The second-order valence-corrected chi connectivity index (χ2v) is 6.09. The number of halogens is 2. The van der Waals surface area contributed by atoms with Gasteiger partial charge in [0, 0.05) is 6.04 Å². The van der Waals surface area contributed by atoms with Crippen molar-refractivity contribution in [2.24, 2.45) is 5.73 Å². The second kappa shape index (κ2) is 6.51. The third kappa shape index (κ3) is 3.68. The van der Waals surface area contributed by atoms with Crippen molar-refractivity contribution in [3.05, 3.63) is 68.9 Å². The Labute approximate surface area is 128 Å². The van der Waals surface area contributed by atoms with Crippen LogP contribution in [0.5, 0.6) is 0 Å². The van der Waals surface area contributed by atoms with Crippen molar-refractivity contribution >= 4 is 15.9 Å². The van der Waals surface area contributed by atoms with Crippen LogP contribution in [0.2, 0.25) is 0 Å². The molecule has 106 valence electrons. The molecule has 1 nitrogen and oxygen atoms in total. The van der Waals surface area contributed by atoms with E-state index in [1.165, 1.54) is 22.8 Å². The zero-order valence-electron chi connectivity index (χ0n) is 11.8. The normalized spacial score (nSPS) is 12.4. The van der Waals surface area contributed by atoms with Gasteiger partial charge in [-0.1, -0.05) is 30.3 Å².